The Morgan fingerprint density at radius 3 is 1.76 bits per heavy atom. The van der Waals surface area contributed by atoms with Crippen LogP contribution in [0.4, 0.5) is 0 Å². The highest BCUT2D eigenvalue weighted by atomic mass is 15.1. The van der Waals surface area contributed by atoms with Gasteiger partial charge in [-0.2, -0.15) is 0 Å². The molecule has 3 heterocycles. The lowest BCUT2D eigenvalue weighted by molar-refractivity contribution is 0.332. The first-order chi connectivity index (χ1) is 26.3. The molecule has 4 nitrogen and oxygen atoms in total. The lowest BCUT2D eigenvalue weighted by Gasteiger charge is -2.42. The van der Waals surface area contributed by atoms with Crippen LogP contribution in [0.25, 0.3) is 88.2 Å². The van der Waals surface area contributed by atoms with Crippen LogP contribution < -0.4 is 0 Å². The Balaban J connectivity index is 1.38. The summed E-state index contributed by atoms with van der Waals surface area (Å²) in [7, 11) is 0. The van der Waals surface area contributed by atoms with E-state index in [0.29, 0.717) is 0 Å². The molecule has 0 saturated heterocycles. The van der Waals surface area contributed by atoms with Crippen molar-refractivity contribution >= 4 is 65.4 Å². The van der Waals surface area contributed by atoms with E-state index in [1.54, 1.807) is 0 Å². The fourth-order valence-electron chi connectivity index (χ4n) is 9.46. The molecule has 0 radical (unpaired) electrons. The third kappa shape index (κ3) is 4.37. The van der Waals surface area contributed by atoms with E-state index in [1.807, 2.05) is 12.1 Å². The van der Waals surface area contributed by atoms with Gasteiger partial charge in [0.15, 0.2) is 5.82 Å². The van der Waals surface area contributed by atoms with E-state index in [-0.39, 0.29) is 10.8 Å². The van der Waals surface area contributed by atoms with Gasteiger partial charge >= 0.3 is 0 Å². The minimum absolute atomic E-state index is 0.0695. The van der Waals surface area contributed by atoms with Crippen LogP contribution in [0, 0.1) is 0 Å². The first-order valence-corrected chi connectivity index (χ1v) is 19.1. The summed E-state index contributed by atoms with van der Waals surface area (Å²) in [5.74, 6) is 0.835. The average molecular weight is 697 g/mol. The Bertz CT molecular complexity index is 3150. The maximum atomic E-state index is 5.46. The zero-order valence-electron chi connectivity index (χ0n) is 31.1. The third-order valence-corrected chi connectivity index (χ3v) is 12.3. The van der Waals surface area contributed by atoms with Crippen LogP contribution in [0.3, 0.4) is 0 Å². The highest BCUT2D eigenvalue weighted by Crippen LogP contribution is 2.51. The topological polar surface area (TPSA) is 35.6 Å². The molecule has 0 fully saturated rings. The maximum absolute atomic E-state index is 5.46. The quantitative estimate of drug-likeness (QED) is 0.184. The average Bonchev–Trinajstić information content (AvgIpc) is 3.72. The zero-order valence-corrected chi connectivity index (χ0v) is 31.1. The van der Waals surface area contributed by atoms with Crippen LogP contribution in [-0.2, 0) is 10.8 Å². The first-order valence-electron chi connectivity index (χ1n) is 19.1. The van der Waals surface area contributed by atoms with Crippen molar-refractivity contribution in [1.82, 2.24) is 19.1 Å². The number of hydrogen-bond acceptors (Lipinski definition) is 2. The Labute approximate surface area is 314 Å². The largest absolute Gasteiger partial charge is 0.309 e. The van der Waals surface area contributed by atoms with Crippen molar-refractivity contribution in [2.75, 3.05) is 0 Å². The van der Waals surface area contributed by atoms with Crippen molar-refractivity contribution in [3.63, 3.8) is 0 Å². The van der Waals surface area contributed by atoms with Gasteiger partial charge < -0.3 is 4.57 Å². The molecule has 0 atom stereocenters. The van der Waals surface area contributed by atoms with Gasteiger partial charge in [0, 0.05) is 32.8 Å². The van der Waals surface area contributed by atoms with Gasteiger partial charge in [-0.25, -0.2) is 9.97 Å². The molecular weight excluding hydrogens is 657 g/mol. The minimum atomic E-state index is 0.0695. The lowest BCUT2D eigenvalue weighted by atomic mass is 9.63. The van der Waals surface area contributed by atoms with Crippen molar-refractivity contribution < 1.29 is 0 Å². The zero-order chi connectivity index (χ0) is 36.3. The molecule has 0 saturated carbocycles. The van der Waals surface area contributed by atoms with Gasteiger partial charge in [-0.05, 0) is 100 Å². The number of nitrogens with zero attached hydrogens (tertiary/aromatic N) is 4. The van der Waals surface area contributed by atoms with E-state index in [9.17, 15) is 0 Å². The standard InChI is InChI=1S/C50H40N4/c1-49(2)27-28-50(3,4)37-30-43-35(29-36(37)49)45-40(53(43)33-18-9-6-10-19-33)25-26-42-46(45)44-34-20-12-11-15-31(34)23-24-41(44)54(42)48-47(32-16-7-5-8-17-32)51-38-21-13-14-22-39(38)52-48/h5-26,29-30H,27-28H2,1-4H3. The molecular formula is C50H40N4. The van der Waals surface area contributed by atoms with Gasteiger partial charge in [0.25, 0.3) is 0 Å². The maximum Gasteiger partial charge on any atom is 0.165 e. The fourth-order valence-corrected chi connectivity index (χ4v) is 9.46. The van der Waals surface area contributed by atoms with Crippen LogP contribution in [0.5, 0.6) is 0 Å². The normalized spacial score (nSPS) is 15.2. The van der Waals surface area contributed by atoms with E-state index in [1.165, 1.54) is 66.6 Å². The van der Waals surface area contributed by atoms with Crippen LogP contribution in [-0.4, -0.2) is 19.1 Å². The van der Waals surface area contributed by atoms with Crippen molar-refractivity contribution in [3.8, 4) is 22.8 Å². The SMILES string of the molecule is CC1(C)CCC(C)(C)c2cc3c(cc21)c1c2c4c5ccccc5ccc4n(-c4nc5ccccc5nc4-c4ccccc4)c2ccc1n3-c1ccccc1. The van der Waals surface area contributed by atoms with E-state index >= 15 is 0 Å². The molecule has 0 amide bonds. The molecule has 260 valence electrons. The number of benzene rings is 7. The molecule has 11 rings (SSSR count). The molecule has 7 aromatic carbocycles. The Morgan fingerprint density at radius 2 is 1.02 bits per heavy atom. The van der Waals surface area contributed by atoms with Gasteiger partial charge in [0.05, 0.1) is 33.1 Å². The molecule has 0 unspecified atom stereocenters. The van der Waals surface area contributed by atoms with Gasteiger partial charge in [-0.3, -0.25) is 4.57 Å². The summed E-state index contributed by atoms with van der Waals surface area (Å²) in [6, 6.07) is 52.8. The minimum Gasteiger partial charge on any atom is -0.309 e. The highest BCUT2D eigenvalue weighted by molar-refractivity contribution is 6.33. The second kappa shape index (κ2) is 11.1. The molecule has 10 aromatic rings. The molecule has 0 N–H and O–H groups in total. The summed E-state index contributed by atoms with van der Waals surface area (Å²) < 4.78 is 4.89. The summed E-state index contributed by atoms with van der Waals surface area (Å²) >= 11 is 0. The monoisotopic (exact) mass is 696 g/mol. The molecule has 0 spiro atoms. The van der Waals surface area contributed by atoms with Crippen LogP contribution >= 0.6 is 0 Å². The first kappa shape index (κ1) is 31.3. The summed E-state index contributed by atoms with van der Waals surface area (Å²) in [5, 5.41) is 7.53. The molecule has 1 aliphatic carbocycles. The number of para-hydroxylation sites is 3. The highest BCUT2D eigenvalue weighted by Gasteiger charge is 2.38. The van der Waals surface area contributed by atoms with Crippen LogP contribution in [0.2, 0.25) is 0 Å². The van der Waals surface area contributed by atoms with Gasteiger partial charge in [0.1, 0.15) is 5.69 Å². The van der Waals surface area contributed by atoms with Crippen LogP contribution in [0.15, 0.2) is 146 Å². The Morgan fingerprint density at radius 1 is 0.463 bits per heavy atom. The summed E-state index contributed by atoms with van der Waals surface area (Å²) in [6.45, 7) is 9.72. The second-order valence-corrected chi connectivity index (χ2v) is 16.5. The third-order valence-electron chi connectivity index (χ3n) is 12.3. The lowest BCUT2D eigenvalue weighted by Crippen LogP contribution is -2.33. The number of rotatable bonds is 3. The van der Waals surface area contributed by atoms with E-state index in [2.05, 4.69) is 170 Å². The predicted octanol–water partition coefficient (Wildman–Crippen LogP) is 13.0. The summed E-state index contributed by atoms with van der Waals surface area (Å²) in [5.41, 5.74) is 12.6. The predicted molar refractivity (Wildman–Crippen MR) is 226 cm³/mol. The van der Waals surface area contributed by atoms with E-state index < -0.39 is 0 Å². The molecule has 1 aliphatic rings. The van der Waals surface area contributed by atoms with Crippen molar-refractivity contribution in [2.24, 2.45) is 0 Å². The number of fused-ring (bicyclic) bond motifs is 11. The van der Waals surface area contributed by atoms with Crippen LogP contribution in [0.1, 0.15) is 51.7 Å². The number of hydrogen-bond donors (Lipinski definition) is 0. The molecule has 0 aliphatic heterocycles. The number of aromatic nitrogens is 4. The van der Waals surface area contributed by atoms with E-state index in [0.717, 1.165) is 45.6 Å². The Kier molecular flexibility index (Phi) is 6.45. The second-order valence-electron chi connectivity index (χ2n) is 16.5. The van der Waals surface area contributed by atoms with Crippen molar-refractivity contribution in [3.05, 3.63) is 157 Å². The summed E-state index contributed by atoms with van der Waals surface area (Å²) in [4.78, 5) is 10.8. The van der Waals surface area contributed by atoms with Gasteiger partial charge in [-0.1, -0.05) is 119 Å². The van der Waals surface area contributed by atoms with E-state index in [4.69, 9.17) is 9.97 Å². The molecule has 3 aromatic heterocycles. The van der Waals surface area contributed by atoms with Crippen molar-refractivity contribution in [2.45, 2.75) is 51.4 Å². The van der Waals surface area contributed by atoms with Gasteiger partial charge in [0.2, 0.25) is 0 Å². The molecule has 4 heteroatoms. The molecule has 0 bridgehead atoms. The Hall–Kier alpha value is -6.26. The van der Waals surface area contributed by atoms with Gasteiger partial charge in [-0.15, -0.1) is 0 Å². The smallest absolute Gasteiger partial charge is 0.165 e. The van der Waals surface area contributed by atoms with Crippen molar-refractivity contribution in [1.29, 1.82) is 0 Å². The summed E-state index contributed by atoms with van der Waals surface area (Å²) in [6.07, 6.45) is 2.34. The molecule has 54 heavy (non-hydrogen) atoms. The fraction of sp³-hybridized carbons (Fsp3) is 0.160.